The SMILES string of the molecule is CC(C)CCCCCCCCC/C=C\CCCCCCCCN. The summed E-state index contributed by atoms with van der Waals surface area (Å²) in [5.74, 6) is 0.887. The third kappa shape index (κ3) is 21.7. The second kappa shape index (κ2) is 19.7. The lowest BCUT2D eigenvalue weighted by Gasteiger charge is -2.04. The first kappa shape index (κ1) is 22.7. The molecule has 0 aromatic carbocycles. The Balaban J connectivity index is 3.06. The van der Waals surface area contributed by atoms with Gasteiger partial charge in [-0.15, -0.1) is 0 Å². The van der Waals surface area contributed by atoms with Gasteiger partial charge in [-0.05, 0) is 44.6 Å². The second-order valence-electron chi connectivity index (χ2n) is 7.62. The van der Waals surface area contributed by atoms with Crippen LogP contribution in [0.3, 0.4) is 0 Å². The molecule has 0 bridgehead atoms. The van der Waals surface area contributed by atoms with Crippen molar-refractivity contribution in [2.24, 2.45) is 11.7 Å². The van der Waals surface area contributed by atoms with Gasteiger partial charge in [-0.1, -0.05) is 96.6 Å². The van der Waals surface area contributed by atoms with Crippen LogP contribution in [0.5, 0.6) is 0 Å². The van der Waals surface area contributed by atoms with Gasteiger partial charge in [-0.25, -0.2) is 0 Å². The van der Waals surface area contributed by atoms with E-state index in [1.54, 1.807) is 0 Å². The molecule has 0 aromatic rings. The molecule has 0 aromatic heterocycles. The van der Waals surface area contributed by atoms with Gasteiger partial charge in [0.1, 0.15) is 0 Å². The quantitative estimate of drug-likeness (QED) is 0.206. The molecule has 0 saturated heterocycles. The van der Waals surface area contributed by atoms with E-state index in [-0.39, 0.29) is 0 Å². The molecule has 0 heterocycles. The van der Waals surface area contributed by atoms with Crippen molar-refractivity contribution in [3.05, 3.63) is 12.2 Å². The summed E-state index contributed by atoms with van der Waals surface area (Å²) >= 11 is 0. The van der Waals surface area contributed by atoms with E-state index in [9.17, 15) is 0 Å². The summed E-state index contributed by atoms with van der Waals surface area (Å²) in [6.45, 7) is 5.52. The molecule has 23 heavy (non-hydrogen) atoms. The average molecular weight is 324 g/mol. The summed E-state index contributed by atoms with van der Waals surface area (Å²) in [5, 5.41) is 0. The van der Waals surface area contributed by atoms with E-state index in [4.69, 9.17) is 5.73 Å². The highest BCUT2D eigenvalue weighted by Crippen LogP contribution is 2.13. The lowest BCUT2D eigenvalue weighted by Crippen LogP contribution is -1.97. The summed E-state index contributed by atoms with van der Waals surface area (Å²) in [4.78, 5) is 0. The minimum absolute atomic E-state index is 0.862. The van der Waals surface area contributed by atoms with Crippen LogP contribution in [-0.4, -0.2) is 6.54 Å². The standard InChI is InChI=1S/C22H45N/c1-22(2)20-18-16-14-12-10-8-6-4-3-5-7-9-11-13-15-17-19-21-23/h3,5,22H,4,6-21,23H2,1-2H3/b5-3-. The molecule has 0 atom stereocenters. The normalized spacial score (nSPS) is 11.8. The van der Waals surface area contributed by atoms with Gasteiger partial charge >= 0.3 is 0 Å². The third-order valence-corrected chi connectivity index (χ3v) is 4.64. The smallest absolute Gasteiger partial charge is 0.00773 e. The summed E-state index contributed by atoms with van der Waals surface area (Å²) in [6, 6.07) is 0. The van der Waals surface area contributed by atoms with Crippen molar-refractivity contribution < 1.29 is 0 Å². The predicted molar refractivity (Wildman–Crippen MR) is 107 cm³/mol. The molecule has 0 aliphatic carbocycles. The highest BCUT2D eigenvalue weighted by atomic mass is 14.5. The van der Waals surface area contributed by atoms with Gasteiger partial charge in [-0.3, -0.25) is 0 Å². The molecular weight excluding hydrogens is 278 g/mol. The molecule has 0 spiro atoms. The molecule has 0 saturated carbocycles. The lowest BCUT2D eigenvalue weighted by atomic mass is 10.0. The zero-order chi connectivity index (χ0) is 17.0. The van der Waals surface area contributed by atoms with Crippen LogP contribution in [0, 0.1) is 5.92 Å². The van der Waals surface area contributed by atoms with Crippen LogP contribution in [0.15, 0.2) is 12.2 Å². The Bertz CT molecular complexity index is 232. The van der Waals surface area contributed by atoms with E-state index in [0.717, 1.165) is 12.5 Å². The van der Waals surface area contributed by atoms with E-state index in [1.165, 1.54) is 103 Å². The highest BCUT2D eigenvalue weighted by molar-refractivity contribution is 4.81. The van der Waals surface area contributed by atoms with Gasteiger partial charge in [0, 0.05) is 0 Å². The molecule has 1 heteroatoms. The van der Waals surface area contributed by atoms with Crippen molar-refractivity contribution in [3.63, 3.8) is 0 Å². The Labute approximate surface area is 147 Å². The number of hydrogen-bond acceptors (Lipinski definition) is 1. The average Bonchev–Trinajstić information content (AvgIpc) is 2.53. The number of hydrogen-bond donors (Lipinski definition) is 1. The Morgan fingerprint density at radius 3 is 1.39 bits per heavy atom. The van der Waals surface area contributed by atoms with Gasteiger partial charge in [0.25, 0.3) is 0 Å². The van der Waals surface area contributed by atoms with Crippen LogP contribution in [-0.2, 0) is 0 Å². The predicted octanol–water partition coefficient (Wildman–Crippen LogP) is 7.40. The van der Waals surface area contributed by atoms with Crippen molar-refractivity contribution in [1.82, 2.24) is 0 Å². The van der Waals surface area contributed by atoms with E-state index in [2.05, 4.69) is 26.0 Å². The molecule has 2 N–H and O–H groups in total. The van der Waals surface area contributed by atoms with Crippen LogP contribution < -0.4 is 5.73 Å². The number of allylic oxidation sites excluding steroid dienone is 2. The molecule has 0 radical (unpaired) electrons. The summed E-state index contributed by atoms with van der Waals surface area (Å²) in [7, 11) is 0. The third-order valence-electron chi connectivity index (χ3n) is 4.64. The Morgan fingerprint density at radius 2 is 0.957 bits per heavy atom. The van der Waals surface area contributed by atoms with Crippen molar-refractivity contribution in [1.29, 1.82) is 0 Å². The summed E-state index contributed by atoms with van der Waals surface area (Å²) in [5.41, 5.74) is 5.50. The maximum Gasteiger partial charge on any atom is -0.00773 e. The number of unbranched alkanes of at least 4 members (excludes halogenated alkanes) is 13. The van der Waals surface area contributed by atoms with Gasteiger partial charge in [-0.2, -0.15) is 0 Å². The first-order valence-electron chi connectivity index (χ1n) is 10.6. The van der Waals surface area contributed by atoms with E-state index in [1.807, 2.05) is 0 Å². The van der Waals surface area contributed by atoms with Crippen molar-refractivity contribution in [3.8, 4) is 0 Å². The lowest BCUT2D eigenvalue weighted by molar-refractivity contribution is 0.509. The van der Waals surface area contributed by atoms with E-state index in [0.29, 0.717) is 0 Å². The zero-order valence-corrected chi connectivity index (χ0v) is 16.3. The molecule has 0 fully saturated rings. The second-order valence-corrected chi connectivity index (χ2v) is 7.62. The Hall–Kier alpha value is -0.300. The van der Waals surface area contributed by atoms with Gasteiger partial charge < -0.3 is 5.73 Å². The molecule has 0 unspecified atom stereocenters. The Kier molecular flexibility index (Phi) is 19.5. The maximum atomic E-state index is 5.50. The summed E-state index contributed by atoms with van der Waals surface area (Å²) < 4.78 is 0. The van der Waals surface area contributed by atoms with E-state index >= 15 is 0 Å². The molecule has 1 nitrogen and oxygen atoms in total. The van der Waals surface area contributed by atoms with Crippen LogP contribution in [0.2, 0.25) is 0 Å². The molecule has 0 aliphatic rings. The molecule has 0 amide bonds. The topological polar surface area (TPSA) is 26.0 Å². The van der Waals surface area contributed by atoms with Crippen LogP contribution >= 0.6 is 0 Å². The molecule has 0 rings (SSSR count). The summed E-state index contributed by atoms with van der Waals surface area (Å²) in [6.07, 6.45) is 26.9. The first-order chi connectivity index (χ1) is 11.3. The van der Waals surface area contributed by atoms with Crippen molar-refractivity contribution in [2.75, 3.05) is 6.54 Å². The zero-order valence-electron chi connectivity index (χ0n) is 16.3. The van der Waals surface area contributed by atoms with Crippen LogP contribution in [0.1, 0.15) is 117 Å². The monoisotopic (exact) mass is 323 g/mol. The molecular formula is C22H45N. The maximum absolute atomic E-state index is 5.50. The highest BCUT2D eigenvalue weighted by Gasteiger charge is 1.95. The minimum atomic E-state index is 0.862. The largest absolute Gasteiger partial charge is 0.330 e. The molecule has 138 valence electrons. The first-order valence-corrected chi connectivity index (χ1v) is 10.6. The fourth-order valence-electron chi connectivity index (χ4n) is 3.05. The van der Waals surface area contributed by atoms with Crippen molar-refractivity contribution >= 4 is 0 Å². The fourth-order valence-corrected chi connectivity index (χ4v) is 3.05. The minimum Gasteiger partial charge on any atom is -0.330 e. The van der Waals surface area contributed by atoms with Gasteiger partial charge in [0.15, 0.2) is 0 Å². The number of rotatable bonds is 18. The molecule has 0 aliphatic heterocycles. The van der Waals surface area contributed by atoms with Gasteiger partial charge in [0.05, 0.1) is 0 Å². The van der Waals surface area contributed by atoms with Crippen LogP contribution in [0.4, 0.5) is 0 Å². The van der Waals surface area contributed by atoms with Crippen LogP contribution in [0.25, 0.3) is 0 Å². The van der Waals surface area contributed by atoms with Crippen molar-refractivity contribution in [2.45, 2.75) is 117 Å². The number of nitrogens with two attached hydrogens (primary N) is 1. The van der Waals surface area contributed by atoms with E-state index < -0.39 is 0 Å². The Morgan fingerprint density at radius 1 is 0.565 bits per heavy atom. The fraction of sp³-hybridized carbons (Fsp3) is 0.909. The van der Waals surface area contributed by atoms with Gasteiger partial charge in [0.2, 0.25) is 0 Å².